The largest absolute Gasteiger partial charge is 0.478 e. The van der Waals surface area contributed by atoms with E-state index in [1.54, 1.807) is 12.1 Å². The molecule has 0 bridgehead atoms. The second-order valence-corrected chi connectivity index (χ2v) is 6.67. The monoisotopic (exact) mass is 319 g/mol. The molecule has 1 aromatic heterocycles. The lowest BCUT2D eigenvalue weighted by molar-refractivity contribution is 0.0697. The molecule has 0 saturated carbocycles. The van der Waals surface area contributed by atoms with Crippen molar-refractivity contribution in [2.24, 2.45) is 0 Å². The van der Waals surface area contributed by atoms with Crippen molar-refractivity contribution in [3.63, 3.8) is 0 Å². The Morgan fingerprint density at radius 1 is 1.27 bits per heavy atom. The molecule has 0 atom stereocenters. The predicted molar refractivity (Wildman–Crippen MR) is 83.2 cm³/mol. The molecular weight excluding hydrogens is 302 g/mol. The van der Waals surface area contributed by atoms with Crippen LogP contribution in [0.3, 0.4) is 0 Å². The summed E-state index contributed by atoms with van der Waals surface area (Å²) in [7, 11) is 0. The second-order valence-electron chi connectivity index (χ2n) is 5.83. The fourth-order valence-corrected chi connectivity index (χ4v) is 2.45. The van der Waals surface area contributed by atoms with Crippen molar-refractivity contribution < 1.29 is 14.7 Å². The van der Waals surface area contributed by atoms with Gasteiger partial charge in [-0.25, -0.2) is 9.78 Å². The zero-order chi connectivity index (χ0) is 16.3. The number of carboxylic acids is 1. The fourth-order valence-electron chi connectivity index (χ4n) is 1.68. The summed E-state index contributed by atoms with van der Waals surface area (Å²) in [5.74, 6) is -0.654. The van der Waals surface area contributed by atoms with Crippen LogP contribution in [0.1, 0.15) is 52.3 Å². The second kappa shape index (κ2) is 6.23. The van der Waals surface area contributed by atoms with E-state index >= 15 is 0 Å². The predicted octanol–water partition coefficient (Wildman–Crippen LogP) is 2.46. The quantitative estimate of drug-likeness (QED) is 0.903. The van der Waals surface area contributed by atoms with Crippen molar-refractivity contribution in [1.82, 2.24) is 14.7 Å². The molecule has 0 aliphatic heterocycles. The van der Waals surface area contributed by atoms with E-state index in [1.165, 1.54) is 23.7 Å². The van der Waals surface area contributed by atoms with Crippen molar-refractivity contribution in [2.75, 3.05) is 0 Å². The SMILES string of the molecule is CC(C)(C)c1nsc(CNC(=O)c2cccc(C(=O)O)c2)n1. The summed E-state index contributed by atoms with van der Waals surface area (Å²) in [6.45, 7) is 6.34. The van der Waals surface area contributed by atoms with Gasteiger partial charge in [0, 0.05) is 11.0 Å². The van der Waals surface area contributed by atoms with E-state index in [1.807, 2.05) is 20.8 Å². The summed E-state index contributed by atoms with van der Waals surface area (Å²) >= 11 is 1.25. The summed E-state index contributed by atoms with van der Waals surface area (Å²) in [6.07, 6.45) is 0. The number of hydrogen-bond donors (Lipinski definition) is 2. The van der Waals surface area contributed by atoms with Gasteiger partial charge in [-0.15, -0.1) is 0 Å². The number of hydrogen-bond acceptors (Lipinski definition) is 5. The van der Waals surface area contributed by atoms with E-state index in [0.29, 0.717) is 10.6 Å². The van der Waals surface area contributed by atoms with E-state index in [4.69, 9.17) is 5.11 Å². The van der Waals surface area contributed by atoms with Gasteiger partial charge in [0.05, 0.1) is 12.1 Å². The Bertz CT molecular complexity index is 704. The van der Waals surface area contributed by atoms with Crippen LogP contribution in [0.2, 0.25) is 0 Å². The van der Waals surface area contributed by atoms with Crippen molar-refractivity contribution in [3.8, 4) is 0 Å². The van der Waals surface area contributed by atoms with E-state index in [9.17, 15) is 9.59 Å². The van der Waals surface area contributed by atoms with Gasteiger partial charge in [-0.05, 0) is 29.7 Å². The summed E-state index contributed by atoms with van der Waals surface area (Å²) in [6, 6.07) is 5.90. The maximum absolute atomic E-state index is 12.0. The number of nitrogens with zero attached hydrogens (tertiary/aromatic N) is 2. The standard InChI is InChI=1S/C15H17N3O3S/c1-15(2,3)14-17-11(22-18-14)8-16-12(19)9-5-4-6-10(7-9)13(20)21/h4-7H,8H2,1-3H3,(H,16,19)(H,20,21). The van der Waals surface area contributed by atoms with Crippen LogP contribution in [-0.4, -0.2) is 26.3 Å². The topological polar surface area (TPSA) is 92.2 Å². The summed E-state index contributed by atoms with van der Waals surface area (Å²) in [4.78, 5) is 27.3. The average molecular weight is 319 g/mol. The molecule has 0 radical (unpaired) electrons. The van der Waals surface area contributed by atoms with Gasteiger partial charge in [-0.1, -0.05) is 26.8 Å². The molecule has 7 heteroatoms. The molecule has 2 aromatic rings. The lowest BCUT2D eigenvalue weighted by Crippen LogP contribution is -2.23. The normalized spacial score (nSPS) is 11.2. The Labute approximate surface area is 132 Å². The van der Waals surface area contributed by atoms with E-state index in [2.05, 4.69) is 14.7 Å². The van der Waals surface area contributed by atoms with Crippen molar-refractivity contribution in [1.29, 1.82) is 0 Å². The number of carbonyl (C=O) groups excluding carboxylic acids is 1. The Hall–Kier alpha value is -2.28. The summed E-state index contributed by atoms with van der Waals surface area (Å²) in [5.41, 5.74) is 0.258. The summed E-state index contributed by atoms with van der Waals surface area (Å²) in [5, 5.41) is 12.4. The average Bonchev–Trinajstić information content (AvgIpc) is 2.94. The van der Waals surface area contributed by atoms with Crippen molar-refractivity contribution >= 4 is 23.4 Å². The van der Waals surface area contributed by atoms with Gasteiger partial charge in [-0.2, -0.15) is 4.37 Å². The van der Waals surface area contributed by atoms with Crippen LogP contribution in [0, 0.1) is 0 Å². The third-order valence-corrected chi connectivity index (χ3v) is 3.62. The first-order valence-electron chi connectivity index (χ1n) is 6.72. The molecule has 0 saturated heterocycles. The highest BCUT2D eigenvalue weighted by Crippen LogP contribution is 2.20. The minimum Gasteiger partial charge on any atom is -0.478 e. The van der Waals surface area contributed by atoms with Gasteiger partial charge >= 0.3 is 5.97 Å². The minimum atomic E-state index is -1.06. The molecule has 0 unspecified atom stereocenters. The number of rotatable bonds is 4. The van der Waals surface area contributed by atoms with Crippen LogP contribution >= 0.6 is 11.5 Å². The van der Waals surface area contributed by atoms with Gasteiger partial charge in [-0.3, -0.25) is 4.79 Å². The van der Waals surface area contributed by atoms with Crippen molar-refractivity contribution in [3.05, 3.63) is 46.2 Å². The van der Waals surface area contributed by atoms with E-state index in [0.717, 1.165) is 5.82 Å². The van der Waals surface area contributed by atoms with Crippen LogP contribution in [0.5, 0.6) is 0 Å². The molecule has 0 spiro atoms. The Morgan fingerprint density at radius 2 is 1.95 bits per heavy atom. The summed E-state index contributed by atoms with van der Waals surface area (Å²) < 4.78 is 4.28. The molecule has 1 aromatic carbocycles. The number of carboxylic acid groups (broad SMARTS) is 1. The van der Waals surface area contributed by atoms with Crippen LogP contribution in [-0.2, 0) is 12.0 Å². The highest BCUT2D eigenvalue weighted by Gasteiger charge is 2.19. The van der Waals surface area contributed by atoms with Crippen LogP contribution < -0.4 is 5.32 Å². The zero-order valence-electron chi connectivity index (χ0n) is 12.6. The molecule has 1 amide bonds. The molecule has 0 fully saturated rings. The molecule has 22 heavy (non-hydrogen) atoms. The van der Waals surface area contributed by atoms with Gasteiger partial charge in [0.2, 0.25) is 0 Å². The number of amides is 1. The molecule has 6 nitrogen and oxygen atoms in total. The van der Waals surface area contributed by atoms with Crippen LogP contribution in [0.25, 0.3) is 0 Å². The number of benzene rings is 1. The number of aromatic nitrogens is 2. The minimum absolute atomic E-state index is 0.0820. The number of carbonyl (C=O) groups is 2. The third-order valence-electron chi connectivity index (χ3n) is 2.91. The molecule has 2 rings (SSSR count). The molecule has 0 aliphatic carbocycles. The fraction of sp³-hybridized carbons (Fsp3) is 0.333. The first-order chi connectivity index (χ1) is 10.3. The number of aromatic carboxylic acids is 1. The molecular formula is C15H17N3O3S. The maximum atomic E-state index is 12.0. The Balaban J connectivity index is 2.02. The van der Waals surface area contributed by atoms with Gasteiger partial charge in [0.1, 0.15) is 10.8 Å². The van der Waals surface area contributed by atoms with Crippen LogP contribution in [0.15, 0.2) is 24.3 Å². The van der Waals surface area contributed by atoms with Gasteiger partial charge in [0.15, 0.2) is 0 Å². The smallest absolute Gasteiger partial charge is 0.335 e. The first kappa shape index (κ1) is 16.1. The lowest BCUT2D eigenvalue weighted by atomic mass is 9.96. The molecule has 116 valence electrons. The van der Waals surface area contributed by atoms with E-state index in [-0.39, 0.29) is 23.4 Å². The Morgan fingerprint density at radius 3 is 2.55 bits per heavy atom. The van der Waals surface area contributed by atoms with E-state index < -0.39 is 5.97 Å². The first-order valence-corrected chi connectivity index (χ1v) is 7.49. The molecule has 1 heterocycles. The number of nitrogens with one attached hydrogen (secondary N) is 1. The van der Waals surface area contributed by atoms with Crippen LogP contribution in [0.4, 0.5) is 0 Å². The Kier molecular flexibility index (Phi) is 4.56. The van der Waals surface area contributed by atoms with Crippen molar-refractivity contribution in [2.45, 2.75) is 32.7 Å². The highest BCUT2D eigenvalue weighted by molar-refractivity contribution is 7.05. The van der Waals surface area contributed by atoms with Gasteiger partial charge in [0.25, 0.3) is 5.91 Å². The highest BCUT2D eigenvalue weighted by atomic mass is 32.1. The zero-order valence-corrected chi connectivity index (χ0v) is 13.4. The molecule has 2 N–H and O–H groups in total. The molecule has 0 aliphatic rings. The maximum Gasteiger partial charge on any atom is 0.335 e. The van der Waals surface area contributed by atoms with Gasteiger partial charge < -0.3 is 10.4 Å². The third kappa shape index (κ3) is 3.88. The lowest BCUT2D eigenvalue weighted by Gasteiger charge is -2.12.